The Labute approximate surface area is 150 Å². The van der Waals surface area contributed by atoms with E-state index in [9.17, 15) is 14.4 Å². The van der Waals surface area contributed by atoms with Gasteiger partial charge in [-0.1, -0.05) is 54.6 Å². The Morgan fingerprint density at radius 3 is 2.50 bits per heavy atom. The zero-order valence-corrected chi connectivity index (χ0v) is 13.9. The minimum absolute atomic E-state index is 0.0748. The molecule has 0 aromatic heterocycles. The molecule has 4 heteroatoms. The zero-order chi connectivity index (χ0) is 18.1. The van der Waals surface area contributed by atoms with E-state index in [1.165, 1.54) is 6.07 Å². The van der Waals surface area contributed by atoms with Gasteiger partial charge in [0.1, 0.15) is 5.82 Å². The number of nitriles is 1. The van der Waals surface area contributed by atoms with Crippen molar-refractivity contribution in [2.75, 3.05) is 4.90 Å². The summed E-state index contributed by atoms with van der Waals surface area (Å²) < 4.78 is 14.5. The molecule has 4 rings (SSSR count). The maximum atomic E-state index is 14.5. The molecule has 1 heterocycles. The van der Waals surface area contributed by atoms with E-state index in [1.54, 1.807) is 35.2 Å². The fraction of sp³-hybridized carbons (Fsp3) is 0.0909. The lowest BCUT2D eigenvalue weighted by Crippen LogP contribution is -2.23. The largest absolute Gasteiger partial charge is 0.280 e. The van der Waals surface area contributed by atoms with E-state index in [1.807, 2.05) is 30.3 Å². The Bertz CT molecular complexity index is 1050. The first-order valence-electron chi connectivity index (χ1n) is 8.35. The summed E-state index contributed by atoms with van der Waals surface area (Å²) in [5.74, 6) is -0.433. The zero-order valence-electron chi connectivity index (χ0n) is 13.9. The normalized spacial score (nSPS) is 12.8. The van der Waals surface area contributed by atoms with Gasteiger partial charge in [0.2, 0.25) is 5.91 Å². The quantitative estimate of drug-likeness (QED) is 0.687. The number of para-hydroxylation sites is 2. The van der Waals surface area contributed by atoms with Gasteiger partial charge in [-0.2, -0.15) is 5.26 Å². The molecule has 3 aromatic carbocycles. The Kier molecular flexibility index (Phi) is 3.98. The summed E-state index contributed by atoms with van der Waals surface area (Å²) in [6.07, 6.45) is 0.442. The van der Waals surface area contributed by atoms with Crippen molar-refractivity contribution in [3.05, 3.63) is 83.7 Å². The molecule has 3 aromatic rings. The van der Waals surface area contributed by atoms with Gasteiger partial charge in [0.15, 0.2) is 0 Å². The highest BCUT2D eigenvalue weighted by Crippen LogP contribution is 2.43. The molecule has 0 saturated heterocycles. The van der Waals surface area contributed by atoms with Crippen molar-refractivity contribution in [3.63, 3.8) is 0 Å². The summed E-state index contributed by atoms with van der Waals surface area (Å²) in [6, 6.07) is 21.6. The molecule has 0 fully saturated rings. The average Bonchev–Trinajstić information content (AvgIpc) is 2.98. The number of anilines is 2. The maximum Gasteiger partial charge on any atom is 0.236 e. The lowest BCUT2D eigenvalue weighted by atomic mass is 9.97. The van der Waals surface area contributed by atoms with Crippen LogP contribution < -0.4 is 4.90 Å². The van der Waals surface area contributed by atoms with Crippen LogP contribution in [0.1, 0.15) is 11.1 Å². The van der Waals surface area contributed by atoms with Crippen molar-refractivity contribution in [2.45, 2.75) is 12.8 Å². The van der Waals surface area contributed by atoms with Crippen LogP contribution in [0.4, 0.5) is 15.8 Å². The van der Waals surface area contributed by atoms with Gasteiger partial charge in [0.25, 0.3) is 0 Å². The fourth-order valence-electron chi connectivity index (χ4n) is 3.48. The van der Waals surface area contributed by atoms with E-state index in [4.69, 9.17) is 0 Å². The number of hydrogen-bond acceptors (Lipinski definition) is 2. The summed E-state index contributed by atoms with van der Waals surface area (Å²) in [5, 5.41) is 9.24. The van der Waals surface area contributed by atoms with Gasteiger partial charge in [-0.25, -0.2) is 4.39 Å². The van der Waals surface area contributed by atoms with Crippen LogP contribution in [-0.2, 0) is 17.6 Å². The third-order valence-electron chi connectivity index (χ3n) is 4.60. The molecule has 0 N–H and O–H groups in total. The van der Waals surface area contributed by atoms with Crippen LogP contribution in [0, 0.1) is 17.1 Å². The number of carbonyl (C=O) groups is 1. The van der Waals surface area contributed by atoms with Gasteiger partial charge in [-0.05, 0) is 23.3 Å². The number of rotatable bonds is 3. The standard InChI is InChI=1S/C22H15FN2O/c23-19-10-3-2-8-17(19)18-9-5-7-15(12-13-24)22(18)25-20-11-4-1-6-16(20)14-21(25)26/h1-11H,12,14H2. The van der Waals surface area contributed by atoms with Crippen LogP contribution >= 0.6 is 0 Å². The molecule has 26 heavy (non-hydrogen) atoms. The molecule has 1 aliphatic heterocycles. The second-order valence-electron chi connectivity index (χ2n) is 6.16. The molecule has 126 valence electrons. The predicted molar refractivity (Wildman–Crippen MR) is 98.4 cm³/mol. The molecule has 0 unspecified atom stereocenters. The molecule has 1 aliphatic rings. The smallest absolute Gasteiger partial charge is 0.236 e. The molecule has 0 aliphatic carbocycles. The number of fused-ring (bicyclic) bond motifs is 1. The van der Waals surface area contributed by atoms with E-state index in [0.717, 1.165) is 11.3 Å². The molecule has 0 spiro atoms. The summed E-state index contributed by atoms with van der Waals surface area (Å²) >= 11 is 0. The van der Waals surface area contributed by atoms with E-state index in [2.05, 4.69) is 6.07 Å². The number of carbonyl (C=O) groups excluding carboxylic acids is 1. The Hall–Kier alpha value is -3.45. The molecular weight excluding hydrogens is 327 g/mol. The Balaban J connectivity index is 2.00. The Morgan fingerprint density at radius 1 is 0.962 bits per heavy atom. The van der Waals surface area contributed by atoms with Crippen molar-refractivity contribution < 1.29 is 9.18 Å². The Morgan fingerprint density at radius 2 is 1.69 bits per heavy atom. The monoisotopic (exact) mass is 342 g/mol. The second-order valence-corrected chi connectivity index (χ2v) is 6.16. The highest BCUT2D eigenvalue weighted by molar-refractivity contribution is 6.10. The van der Waals surface area contributed by atoms with Crippen molar-refractivity contribution in [3.8, 4) is 17.2 Å². The summed E-state index contributed by atoms with van der Waals surface area (Å²) in [5.41, 5.74) is 4.05. The van der Waals surface area contributed by atoms with Gasteiger partial charge in [-0.3, -0.25) is 9.69 Å². The number of halogens is 1. The predicted octanol–water partition coefficient (Wildman–Crippen LogP) is 4.78. The van der Waals surface area contributed by atoms with Crippen molar-refractivity contribution in [1.82, 2.24) is 0 Å². The fourth-order valence-corrected chi connectivity index (χ4v) is 3.48. The van der Waals surface area contributed by atoms with Gasteiger partial charge >= 0.3 is 0 Å². The summed E-state index contributed by atoms with van der Waals surface area (Å²) in [6.45, 7) is 0. The third kappa shape index (κ3) is 2.55. The van der Waals surface area contributed by atoms with E-state index >= 15 is 0 Å². The first-order valence-corrected chi connectivity index (χ1v) is 8.35. The van der Waals surface area contributed by atoms with Gasteiger partial charge in [0.05, 0.1) is 30.3 Å². The van der Waals surface area contributed by atoms with Crippen LogP contribution in [0.5, 0.6) is 0 Å². The molecular formula is C22H15FN2O. The minimum atomic E-state index is -0.359. The molecule has 0 saturated carbocycles. The number of hydrogen-bond donors (Lipinski definition) is 0. The molecule has 0 atom stereocenters. The molecule has 1 amide bonds. The summed E-state index contributed by atoms with van der Waals surface area (Å²) in [4.78, 5) is 14.4. The van der Waals surface area contributed by atoms with Crippen LogP contribution in [-0.4, -0.2) is 5.91 Å². The first kappa shape index (κ1) is 16.0. The van der Waals surface area contributed by atoms with Crippen molar-refractivity contribution in [1.29, 1.82) is 5.26 Å². The van der Waals surface area contributed by atoms with E-state index in [0.29, 0.717) is 28.8 Å². The number of nitrogens with zero attached hydrogens (tertiary/aromatic N) is 2. The highest BCUT2D eigenvalue weighted by atomic mass is 19.1. The lowest BCUT2D eigenvalue weighted by Gasteiger charge is -2.24. The maximum absolute atomic E-state index is 14.5. The van der Waals surface area contributed by atoms with Crippen molar-refractivity contribution in [2.24, 2.45) is 0 Å². The minimum Gasteiger partial charge on any atom is -0.280 e. The number of benzene rings is 3. The van der Waals surface area contributed by atoms with Crippen LogP contribution in [0.15, 0.2) is 66.7 Å². The summed E-state index contributed by atoms with van der Waals surface area (Å²) in [7, 11) is 0. The second kappa shape index (κ2) is 6.45. The van der Waals surface area contributed by atoms with E-state index in [-0.39, 0.29) is 18.1 Å². The van der Waals surface area contributed by atoms with E-state index < -0.39 is 0 Å². The van der Waals surface area contributed by atoms with Gasteiger partial charge in [-0.15, -0.1) is 0 Å². The topological polar surface area (TPSA) is 44.1 Å². The van der Waals surface area contributed by atoms with Crippen LogP contribution in [0.2, 0.25) is 0 Å². The highest BCUT2D eigenvalue weighted by Gasteiger charge is 2.31. The SMILES string of the molecule is N#CCc1cccc(-c2ccccc2F)c1N1C(=O)Cc2ccccc21. The van der Waals surface area contributed by atoms with Crippen LogP contribution in [0.25, 0.3) is 11.1 Å². The molecule has 0 bridgehead atoms. The molecule has 3 nitrogen and oxygen atoms in total. The van der Waals surface area contributed by atoms with Gasteiger partial charge < -0.3 is 0 Å². The number of amides is 1. The average molecular weight is 342 g/mol. The lowest BCUT2D eigenvalue weighted by molar-refractivity contribution is -0.116. The van der Waals surface area contributed by atoms with Crippen molar-refractivity contribution >= 4 is 17.3 Å². The van der Waals surface area contributed by atoms with Crippen LogP contribution in [0.3, 0.4) is 0 Å². The first-order chi connectivity index (χ1) is 12.7. The van der Waals surface area contributed by atoms with Gasteiger partial charge in [0, 0.05) is 11.1 Å². The third-order valence-corrected chi connectivity index (χ3v) is 4.60. The molecule has 0 radical (unpaired) electrons.